The Morgan fingerprint density at radius 3 is 2.40 bits per heavy atom. The lowest BCUT2D eigenvalue weighted by atomic mass is 9.76. The number of carbonyl (C=O) groups excluding carboxylic acids is 1. The summed E-state index contributed by atoms with van der Waals surface area (Å²) in [7, 11) is 0. The van der Waals surface area contributed by atoms with Crippen molar-refractivity contribution in [2.75, 3.05) is 0 Å². The van der Waals surface area contributed by atoms with E-state index in [1.165, 1.54) is 4.88 Å². The minimum atomic E-state index is -1.02. The molecule has 1 atom stereocenters. The van der Waals surface area contributed by atoms with Crippen LogP contribution in [-0.4, -0.2) is 17.0 Å². The number of thiophene rings is 1. The van der Waals surface area contributed by atoms with Crippen molar-refractivity contribution in [3.05, 3.63) is 21.9 Å². The number of carbonyl (C=O) groups is 2. The third-order valence-corrected chi connectivity index (χ3v) is 5.05. The van der Waals surface area contributed by atoms with Crippen molar-refractivity contribution in [3.8, 4) is 0 Å². The van der Waals surface area contributed by atoms with Gasteiger partial charge in [-0.25, -0.2) is 0 Å². The summed E-state index contributed by atoms with van der Waals surface area (Å²) in [5.74, 6) is -1.23. The highest BCUT2D eigenvalue weighted by molar-refractivity contribution is 7.11. The second kappa shape index (κ2) is 6.88. The van der Waals surface area contributed by atoms with Crippen LogP contribution in [0.4, 0.5) is 0 Å². The fraction of sp³-hybridized carbons (Fsp3) is 0.600. The highest BCUT2D eigenvalue weighted by Gasteiger charge is 2.38. The zero-order chi connectivity index (χ0) is 15.3. The molecule has 1 aromatic heterocycles. The van der Waals surface area contributed by atoms with Gasteiger partial charge in [0.15, 0.2) is 0 Å². The predicted octanol–water partition coefficient (Wildman–Crippen LogP) is 3.06. The second-order valence-corrected chi connectivity index (χ2v) is 6.81. The smallest absolute Gasteiger partial charge is 0.310 e. The van der Waals surface area contributed by atoms with Crippen LogP contribution in [0.25, 0.3) is 0 Å². The van der Waals surface area contributed by atoms with Gasteiger partial charge in [0.05, 0.1) is 12.0 Å². The van der Waals surface area contributed by atoms with Crippen LogP contribution in [0.5, 0.6) is 0 Å². The van der Waals surface area contributed by atoms with E-state index < -0.39 is 11.4 Å². The fourth-order valence-electron chi connectivity index (χ4n) is 1.82. The first-order valence-electron chi connectivity index (χ1n) is 6.87. The molecule has 0 bridgehead atoms. The van der Waals surface area contributed by atoms with Crippen LogP contribution in [-0.2, 0) is 22.6 Å². The maximum atomic E-state index is 11.9. The second-order valence-electron chi connectivity index (χ2n) is 5.55. The molecule has 1 heterocycles. The summed E-state index contributed by atoms with van der Waals surface area (Å²) in [5.41, 5.74) is -1.02. The van der Waals surface area contributed by atoms with Crippen molar-refractivity contribution in [1.29, 1.82) is 0 Å². The van der Waals surface area contributed by atoms with Crippen LogP contribution >= 0.6 is 11.3 Å². The monoisotopic (exact) mass is 297 g/mol. The summed E-state index contributed by atoms with van der Waals surface area (Å²) in [6.07, 6.45) is 0.995. The van der Waals surface area contributed by atoms with Crippen molar-refractivity contribution in [2.24, 2.45) is 11.3 Å². The Morgan fingerprint density at radius 1 is 1.35 bits per heavy atom. The predicted molar refractivity (Wildman–Crippen MR) is 80.7 cm³/mol. The number of hydrogen-bond acceptors (Lipinski definition) is 3. The van der Waals surface area contributed by atoms with Gasteiger partial charge in [-0.05, 0) is 31.4 Å². The number of carboxylic acids is 1. The summed E-state index contributed by atoms with van der Waals surface area (Å²) >= 11 is 1.67. The molecule has 112 valence electrons. The highest BCUT2D eigenvalue weighted by atomic mass is 32.1. The van der Waals surface area contributed by atoms with Gasteiger partial charge < -0.3 is 10.4 Å². The molecule has 1 aromatic rings. The first-order chi connectivity index (χ1) is 9.29. The van der Waals surface area contributed by atoms with E-state index in [2.05, 4.69) is 18.3 Å². The number of rotatable bonds is 7. The van der Waals surface area contributed by atoms with Gasteiger partial charge in [0.1, 0.15) is 0 Å². The molecule has 0 saturated heterocycles. The van der Waals surface area contributed by atoms with Crippen molar-refractivity contribution < 1.29 is 14.7 Å². The molecule has 0 radical (unpaired) electrons. The summed E-state index contributed by atoms with van der Waals surface area (Å²) in [6, 6.07) is 4.06. The number of carboxylic acid groups (broad SMARTS) is 1. The summed E-state index contributed by atoms with van der Waals surface area (Å²) < 4.78 is 0. The Morgan fingerprint density at radius 2 is 1.95 bits per heavy atom. The van der Waals surface area contributed by atoms with E-state index in [1.807, 2.05) is 19.9 Å². The van der Waals surface area contributed by atoms with Crippen molar-refractivity contribution in [2.45, 2.75) is 47.1 Å². The standard InChI is InChI=1S/C15H23NO3S/c1-5-11-6-7-12(20-11)9-16-13(17)8-15(4,10(2)3)14(18)19/h6-7,10H,5,8-9H2,1-4H3,(H,16,17)(H,18,19). The van der Waals surface area contributed by atoms with E-state index in [4.69, 9.17) is 0 Å². The number of aryl methyl sites for hydroxylation is 1. The quantitative estimate of drug-likeness (QED) is 0.813. The molecule has 0 aromatic carbocycles. The van der Waals surface area contributed by atoms with Gasteiger partial charge in [-0.15, -0.1) is 11.3 Å². The molecule has 1 unspecified atom stereocenters. The van der Waals surface area contributed by atoms with E-state index >= 15 is 0 Å². The molecule has 0 aliphatic rings. The molecule has 2 N–H and O–H groups in total. The van der Waals surface area contributed by atoms with Gasteiger partial charge in [-0.1, -0.05) is 20.8 Å². The average molecular weight is 297 g/mol. The number of amides is 1. The molecule has 20 heavy (non-hydrogen) atoms. The van der Waals surface area contributed by atoms with E-state index in [-0.39, 0.29) is 18.2 Å². The third kappa shape index (κ3) is 4.07. The number of hydrogen-bond donors (Lipinski definition) is 2. The van der Waals surface area contributed by atoms with Crippen LogP contribution in [0.3, 0.4) is 0 Å². The fourth-order valence-corrected chi connectivity index (χ4v) is 2.71. The van der Waals surface area contributed by atoms with Gasteiger partial charge in [0, 0.05) is 16.2 Å². The summed E-state index contributed by atoms with van der Waals surface area (Å²) in [5, 5.41) is 12.1. The van der Waals surface area contributed by atoms with Crippen LogP contribution in [0, 0.1) is 11.3 Å². The van der Waals surface area contributed by atoms with Crippen LogP contribution in [0.1, 0.15) is 43.9 Å². The molecule has 0 saturated carbocycles. The topological polar surface area (TPSA) is 66.4 Å². The Hall–Kier alpha value is -1.36. The molecule has 4 nitrogen and oxygen atoms in total. The minimum absolute atomic E-state index is 0.00596. The SMILES string of the molecule is CCc1ccc(CNC(=O)CC(C)(C(=O)O)C(C)C)s1. The molecule has 0 aliphatic heterocycles. The molecule has 0 aliphatic carbocycles. The van der Waals surface area contributed by atoms with Crippen LogP contribution in [0.15, 0.2) is 12.1 Å². The first-order valence-corrected chi connectivity index (χ1v) is 7.69. The Labute approximate surface area is 124 Å². The molecule has 0 spiro atoms. The average Bonchev–Trinajstić information content (AvgIpc) is 2.83. The van der Waals surface area contributed by atoms with E-state index in [0.29, 0.717) is 6.54 Å². The van der Waals surface area contributed by atoms with Gasteiger partial charge >= 0.3 is 5.97 Å². The van der Waals surface area contributed by atoms with Crippen LogP contribution in [0.2, 0.25) is 0 Å². The molecule has 1 rings (SSSR count). The lowest BCUT2D eigenvalue weighted by molar-refractivity contribution is -0.153. The lowest BCUT2D eigenvalue weighted by Gasteiger charge is -2.28. The van der Waals surface area contributed by atoms with Crippen molar-refractivity contribution in [3.63, 3.8) is 0 Å². The zero-order valence-corrected chi connectivity index (χ0v) is 13.3. The maximum Gasteiger partial charge on any atom is 0.310 e. The first kappa shape index (κ1) is 16.7. The molecular formula is C15H23NO3S. The molecule has 5 heteroatoms. The highest BCUT2D eigenvalue weighted by Crippen LogP contribution is 2.31. The Kier molecular flexibility index (Phi) is 5.74. The van der Waals surface area contributed by atoms with Crippen molar-refractivity contribution in [1.82, 2.24) is 5.32 Å². The third-order valence-electron chi connectivity index (χ3n) is 3.82. The van der Waals surface area contributed by atoms with Gasteiger partial charge in [0.25, 0.3) is 0 Å². The Balaban J connectivity index is 2.56. The molecule has 0 fully saturated rings. The largest absolute Gasteiger partial charge is 0.481 e. The summed E-state index contributed by atoms with van der Waals surface area (Å²) in [4.78, 5) is 25.7. The molecular weight excluding hydrogens is 274 g/mol. The Bertz CT molecular complexity index is 481. The van der Waals surface area contributed by atoms with E-state index in [9.17, 15) is 14.7 Å². The van der Waals surface area contributed by atoms with Gasteiger partial charge in [-0.3, -0.25) is 9.59 Å². The van der Waals surface area contributed by atoms with Gasteiger partial charge in [-0.2, -0.15) is 0 Å². The van der Waals surface area contributed by atoms with Gasteiger partial charge in [0.2, 0.25) is 5.91 Å². The minimum Gasteiger partial charge on any atom is -0.481 e. The summed E-state index contributed by atoms with van der Waals surface area (Å²) in [6.45, 7) is 7.84. The van der Waals surface area contributed by atoms with E-state index in [0.717, 1.165) is 11.3 Å². The van der Waals surface area contributed by atoms with Crippen molar-refractivity contribution >= 4 is 23.2 Å². The van der Waals surface area contributed by atoms with E-state index in [1.54, 1.807) is 18.3 Å². The number of aliphatic carboxylic acids is 1. The van der Waals surface area contributed by atoms with Crippen LogP contribution < -0.4 is 5.32 Å². The normalized spacial score (nSPS) is 14.1. The zero-order valence-electron chi connectivity index (χ0n) is 12.5. The maximum absolute atomic E-state index is 11.9. The molecule has 1 amide bonds. The number of nitrogens with one attached hydrogen (secondary N) is 1. The lowest BCUT2D eigenvalue weighted by Crippen LogP contribution is -2.38.